The molecule has 0 radical (unpaired) electrons. The molecule has 0 aliphatic rings. The molecule has 0 aliphatic carbocycles. The minimum atomic E-state index is -3.08. The molecule has 0 saturated heterocycles. The lowest BCUT2D eigenvalue weighted by Crippen LogP contribution is -2.00. The Morgan fingerprint density at radius 1 is 0.848 bits per heavy atom. The summed E-state index contributed by atoms with van der Waals surface area (Å²) in [6.45, 7) is 4.97. The molecule has 1 heterocycles. The number of fused-ring (bicyclic) bond motifs is 1. The zero-order valence-corrected chi connectivity index (χ0v) is 19.7. The number of benzene rings is 3. The van der Waals surface area contributed by atoms with Gasteiger partial charge in [-0.2, -0.15) is 0 Å². The van der Waals surface area contributed by atoms with Crippen LogP contribution in [0, 0.1) is 0 Å². The highest BCUT2D eigenvalue weighted by atomic mass is 32.2. The van der Waals surface area contributed by atoms with E-state index < -0.39 is 9.84 Å². The van der Waals surface area contributed by atoms with E-state index in [1.165, 1.54) is 6.26 Å². The minimum Gasteiger partial charge on any atom is -0.490 e. The second-order valence-corrected chi connectivity index (χ2v) is 9.86. The molecule has 0 N–H and O–H groups in total. The van der Waals surface area contributed by atoms with Crippen molar-refractivity contribution in [1.82, 2.24) is 9.97 Å². The number of ether oxygens (including phenoxy) is 2. The Bertz CT molecular complexity index is 1380. The summed E-state index contributed by atoms with van der Waals surface area (Å²) < 4.78 is 34.6. The first-order valence-corrected chi connectivity index (χ1v) is 12.9. The van der Waals surface area contributed by atoms with Crippen LogP contribution in [0.3, 0.4) is 0 Å². The summed E-state index contributed by atoms with van der Waals surface area (Å²) in [5, 5.41) is 0. The van der Waals surface area contributed by atoms with E-state index in [0.717, 1.165) is 39.0 Å². The maximum Gasteiger partial charge on any atom is 0.161 e. The van der Waals surface area contributed by atoms with Crippen molar-refractivity contribution in [2.75, 3.05) is 19.5 Å². The van der Waals surface area contributed by atoms with Gasteiger partial charge >= 0.3 is 0 Å². The first-order valence-electron chi connectivity index (χ1n) is 10.8. The van der Waals surface area contributed by atoms with Crippen molar-refractivity contribution in [1.29, 1.82) is 0 Å². The molecule has 0 aliphatic heterocycles. The van der Waals surface area contributed by atoms with Crippen LogP contribution in [0.25, 0.3) is 33.4 Å². The van der Waals surface area contributed by atoms with Crippen molar-refractivity contribution in [2.24, 2.45) is 0 Å². The lowest BCUT2D eigenvalue weighted by molar-refractivity contribution is 0.288. The maximum absolute atomic E-state index is 11.6. The summed E-state index contributed by atoms with van der Waals surface area (Å²) in [4.78, 5) is 9.56. The zero-order chi connectivity index (χ0) is 23.4. The predicted octanol–water partition coefficient (Wildman–Crippen LogP) is 5.31. The van der Waals surface area contributed by atoms with Crippen molar-refractivity contribution in [2.45, 2.75) is 19.6 Å². The van der Waals surface area contributed by atoms with Gasteiger partial charge in [0.25, 0.3) is 0 Å². The van der Waals surface area contributed by atoms with Gasteiger partial charge in [0, 0.05) is 17.4 Å². The van der Waals surface area contributed by atoms with Gasteiger partial charge in [0.2, 0.25) is 0 Å². The van der Waals surface area contributed by atoms with E-state index in [9.17, 15) is 8.42 Å². The Hall–Kier alpha value is -3.45. The van der Waals surface area contributed by atoms with E-state index in [-0.39, 0.29) is 5.75 Å². The SMILES string of the molecule is CCOc1ccc(-c2cnc3cccc(-c4ccc(CS(C)(=O)=O)cc4)c3n2)cc1OCC. The van der Waals surface area contributed by atoms with Crippen LogP contribution in [0.1, 0.15) is 19.4 Å². The van der Waals surface area contributed by atoms with E-state index in [1.54, 1.807) is 6.20 Å². The maximum atomic E-state index is 11.6. The van der Waals surface area contributed by atoms with Crippen molar-refractivity contribution < 1.29 is 17.9 Å². The topological polar surface area (TPSA) is 78.4 Å². The van der Waals surface area contributed by atoms with Crippen LogP contribution in [-0.4, -0.2) is 37.9 Å². The van der Waals surface area contributed by atoms with Gasteiger partial charge in [0.15, 0.2) is 21.3 Å². The smallest absolute Gasteiger partial charge is 0.161 e. The lowest BCUT2D eigenvalue weighted by Gasteiger charge is -2.13. The molecule has 0 spiro atoms. The third-order valence-electron chi connectivity index (χ3n) is 5.11. The van der Waals surface area contributed by atoms with Crippen LogP contribution < -0.4 is 9.47 Å². The van der Waals surface area contributed by atoms with Gasteiger partial charge in [-0.15, -0.1) is 0 Å². The normalized spacial score (nSPS) is 11.5. The molecule has 7 heteroatoms. The van der Waals surface area contributed by atoms with Crippen LogP contribution in [0.2, 0.25) is 0 Å². The largest absolute Gasteiger partial charge is 0.490 e. The van der Waals surface area contributed by atoms with E-state index in [0.29, 0.717) is 24.7 Å². The summed E-state index contributed by atoms with van der Waals surface area (Å²) >= 11 is 0. The molecule has 170 valence electrons. The molecule has 3 aromatic carbocycles. The molecular formula is C26H26N2O4S. The Kier molecular flexibility index (Phi) is 6.60. The summed E-state index contributed by atoms with van der Waals surface area (Å²) in [5.74, 6) is 1.40. The van der Waals surface area contributed by atoms with E-state index in [2.05, 4.69) is 4.98 Å². The molecule has 0 unspecified atom stereocenters. The second kappa shape index (κ2) is 9.58. The first kappa shape index (κ1) is 22.7. The third kappa shape index (κ3) is 5.31. The lowest BCUT2D eigenvalue weighted by atomic mass is 10.0. The molecular weight excluding hydrogens is 436 g/mol. The fourth-order valence-corrected chi connectivity index (χ4v) is 4.50. The number of rotatable bonds is 8. The molecule has 0 bridgehead atoms. The molecule has 4 rings (SSSR count). The van der Waals surface area contributed by atoms with Crippen LogP contribution in [0.15, 0.2) is 66.9 Å². The summed E-state index contributed by atoms with van der Waals surface area (Å²) in [6, 6.07) is 19.2. The molecule has 0 atom stereocenters. The van der Waals surface area contributed by atoms with Gasteiger partial charge in [-0.3, -0.25) is 4.98 Å². The molecule has 0 saturated carbocycles. The van der Waals surface area contributed by atoms with Crippen molar-refractivity contribution >= 4 is 20.9 Å². The third-order valence-corrected chi connectivity index (χ3v) is 5.96. The molecule has 6 nitrogen and oxygen atoms in total. The van der Waals surface area contributed by atoms with E-state index >= 15 is 0 Å². The minimum absolute atomic E-state index is 0.0205. The second-order valence-electron chi connectivity index (χ2n) is 7.72. The number of para-hydroxylation sites is 1. The van der Waals surface area contributed by atoms with Gasteiger partial charge < -0.3 is 9.47 Å². The first-order chi connectivity index (χ1) is 15.9. The predicted molar refractivity (Wildman–Crippen MR) is 131 cm³/mol. The molecule has 33 heavy (non-hydrogen) atoms. The highest BCUT2D eigenvalue weighted by Crippen LogP contribution is 2.34. The molecule has 4 aromatic rings. The number of hydrogen-bond acceptors (Lipinski definition) is 6. The summed E-state index contributed by atoms with van der Waals surface area (Å²) in [5.41, 5.74) is 5.81. The highest BCUT2D eigenvalue weighted by Gasteiger charge is 2.12. The highest BCUT2D eigenvalue weighted by molar-refractivity contribution is 7.89. The van der Waals surface area contributed by atoms with Crippen molar-refractivity contribution in [3.8, 4) is 33.9 Å². The van der Waals surface area contributed by atoms with Crippen molar-refractivity contribution in [3.05, 3.63) is 72.4 Å². The number of aromatic nitrogens is 2. The standard InChI is InChI=1S/C26H26N2O4S/c1-4-31-24-14-13-20(15-25(24)32-5-2)23-16-27-22-8-6-7-21(26(22)28-23)19-11-9-18(10-12-19)17-33(3,29)30/h6-16H,4-5,17H2,1-3H3. The Balaban J connectivity index is 1.76. The molecule has 1 aromatic heterocycles. The Labute approximate surface area is 194 Å². The van der Waals surface area contributed by atoms with Crippen LogP contribution >= 0.6 is 0 Å². The van der Waals surface area contributed by atoms with Crippen molar-refractivity contribution in [3.63, 3.8) is 0 Å². The van der Waals surface area contributed by atoms with Crippen LogP contribution in [0.4, 0.5) is 0 Å². The number of nitrogens with zero attached hydrogens (tertiary/aromatic N) is 2. The fraction of sp³-hybridized carbons (Fsp3) is 0.231. The quantitative estimate of drug-likeness (QED) is 0.353. The monoisotopic (exact) mass is 462 g/mol. The van der Waals surface area contributed by atoms with Crippen LogP contribution in [-0.2, 0) is 15.6 Å². The fourth-order valence-electron chi connectivity index (χ4n) is 3.70. The Morgan fingerprint density at radius 3 is 2.24 bits per heavy atom. The molecule has 0 amide bonds. The summed E-state index contributed by atoms with van der Waals surface area (Å²) in [6.07, 6.45) is 2.99. The number of sulfone groups is 1. The average molecular weight is 463 g/mol. The number of hydrogen-bond donors (Lipinski definition) is 0. The van der Waals surface area contributed by atoms with Gasteiger partial charge in [-0.05, 0) is 49.2 Å². The Morgan fingerprint density at radius 2 is 1.55 bits per heavy atom. The van der Waals surface area contributed by atoms with Crippen LogP contribution in [0.5, 0.6) is 11.5 Å². The van der Waals surface area contributed by atoms with Gasteiger partial charge in [0.1, 0.15) is 0 Å². The van der Waals surface area contributed by atoms with Gasteiger partial charge in [-0.1, -0.05) is 36.4 Å². The average Bonchev–Trinajstić information content (AvgIpc) is 2.79. The zero-order valence-electron chi connectivity index (χ0n) is 18.9. The van der Waals surface area contributed by atoms with Gasteiger partial charge in [0.05, 0.1) is 41.9 Å². The summed E-state index contributed by atoms with van der Waals surface area (Å²) in [7, 11) is -3.08. The van der Waals surface area contributed by atoms with Gasteiger partial charge in [-0.25, -0.2) is 13.4 Å². The molecule has 0 fully saturated rings. The van der Waals surface area contributed by atoms with E-state index in [1.807, 2.05) is 74.5 Å². The van der Waals surface area contributed by atoms with E-state index in [4.69, 9.17) is 14.5 Å².